The van der Waals surface area contributed by atoms with Crippen molar-refractivity contribution in [2.75, 3.05) is 0 Å². The number of rotatable bonds is 4. The summed E-state index contributed by atoms with van der Waals surface area (Å²) in [6.45, 7) is 1.74. The summed E-state index contributed by atoms with van der Waals surface area (Å²) >= 11 is 0. The molecule has 0 amide bonds. The van der Waals surface area contributed by atoms with Crippen molar-refractivity contribution in [1.82, 2.24) is 4.98 Å². The lowest BCUT2D eigenvalue weighted by Gasteiger charge is -2.06. The van der Waals surface area contributed by atoms with Crippen molar-refractivity contribution in [3.63, 3.8) is 0 Å². The second-order valence-electron chi connectivity index (χ2n) is 5.35. The van der Waals surface area contributed by atoms with E-state index in [-0.39, 0.29) is 5.92 Å². The number of hydrogen-bond donors (Lipinski definition) is 2. The van der Waals surface area contributed by atoms with Crippen LogP contribution < -0.4 is 0 Å². The molecule has 0 saturated heterocycles. The van der Waals surface area contributed by atoms with Crippen LogP contribution in [-0.4, -0.2) is 16.1 Å². The summed E-state index contributed by atoms with van der Waals surface area (Å²) in [4.78, 5) is 14.3. The highest BCUT2D eigenvalue weighted by Gasteiger charge is 2.15. The first-order valence-electron chi connectivity index (χ1n) is 7.04. The van der Waals surface area contributed by atoms with E-state index in [1.807, 2.05) is 36.5 Å². The molecule has 0 radical (unpaired) electrons. The van der Waals surface area contributed by atoms with Gasteiger partial charge in [-0.3, -0.25) is 4.79 Å². The first-order valence-corrected chi connectivity index (χ1v) is 7.04. The summed E-state index contributed by atoms with van der Waals surface area (Å²) in [5.74, 6) is -1.15. The maximum Gasteiger partial charge on any atom is 0.306 e. The second kappa shape index (κ2) is 5.44. The Kier molecular flexibility index (Phi) is 3.48. The third kappa shape index (κ3) is 2.55. The van der Waals surface area contributed by atoms with Gasteiger partial charge in [-0.1, -0.05) is 55.5 Å². The zero-order valence-electron chi connectivity index (χ0n) is 11.8. The number of H-pyrrole nitrogens is 1. The first kappa shape index (κ1) is 13.4. The van der Waals surface area contributed by atoms with E-state index in [1.165, 1.54) is 0 Å². The minimum atomic E-state index is -0.761. The lowest BCUT2D eigenvalue weighted by Crippen LogP contribution is -2.11. The Morgan fingerprint density at radius 2 is 1.90 bits per heavy atom. The number of carbonyl (C=O) groups is 1. The fraction of sp³-hybridized carbons (Fsp3) is 0.167. The number of nitrogens with one attached hydrogen (secondary N) is 1. The number of hydrogen-bond acceptors (Lipinski definition) is 1. The van der Waals surface area contributed by atoms with Crippen molar-refractivity contribution < 1.29 is 9.90 Å². The smallest absolute Gasteiger partial charge is 0.306 e. The van der Waals surface area contributed by atoms with Crippen LogP contribution in [0.25, 0.3) is 22.0 Å². The van der Waals surface area contributed by atoms with Gasteiger partial charge in [-0.25, -0.2) is 0 Å². The number of carboxylic acid groups (broad SMARTS) is 1. The predicted octanol–water partition coefficient (Wildman–Crippen LogP) is 4.10. The quantitative estimate of drug-likeness (QED) is 0.755. The molecule has 0 fully saturated rings. The molecule has 21 heavy (non-hydrogen) atoms. The molecule has 2 aromatic carbocycles. The average Bonchev–Trinajstić information content (AvgIpc) is 2.91. The van der Waals surface area contributed by atoms with Gasteiger partial charge in [0.2, 0.25) is 0 Å². The molecular formula is C18H17NO2. The largest absolute Gasteiger partial charge is 0.481 e. The SMILES string of the molecule is C[C@@H](Cc1c[nH]c2c(-c3ccccc3)cccc12)C(=O)O. The van der Waals surface area contributed by atoms with Crippen LogP contribution in [-0.2, 0) is 11.2 Å². The fourth-order valence-corrected chi connectivity index (χ4v) is 2.66. The van der Waals surface area contributed by atoms with Gasteiger partial charge in [0.05, 0.1) is 11.4 Å². The molecule has 1 aromatic heterocycles. The number of benzene rings is 2. The van der Waals surface area contributed by atoms with Crippen molar-refractivity contribution >= 4 is 16.9 Å². The van der Waals surface area contributed by atoms with Gasteiger partial charge < -0.3 is 10.1 Å². The zero-order chi connectivity index (χ0) is 14.8. The van der Waals surface area contributed by atoms with Crippen LogP contribution >= 0.6 is 0 Å². The summed E-state index contributed by atoms with van der Waals surface area (Å²) in [5.41, 5.74) is 4.42. The highest BCUT2D eigenvalue weighted by molar-refractivity contribution is 5.96. The van der Waals surface area contributed by atoms with E-state index >= 15 is 0 Å². The highest BCUT2D eigenvalue weighted by Crippen LogP contribution is 2.30. The Balaban J connectivity index is 2.06. The Morgan fingerprint density at radius 3 is 2.62 bits per heavy atom. The van der Waals surface area contributed by atoms with Crippen LogP contribution in [0, 0.1) is 5.92 Å². The van der Waals surface area contributed by atoms with Crippen molar-refractivity contribution in [3.05, 3.63) is 60.3 Å². The van der Waals surface area contributed by atoms with Gasteiger partial charge >= 0.3 is 5.97 Å². The number of aromatic amines is 1. The standard InChI is InChI=1S/C18H17NO2/c1-12(18(20)21)10-14-11-19-17-15(8-5-9-16(14)17)13-6-3-2-4-7-13/h2-9,11-12,19H,10H2,1H3,(H,20,21)/t12-/m0/s1. The molecule has 3 nitrogen and oxygen atoms in total. The molecule has 3 heteroatoms. The van der Waals surface area contributed by atoms with Gasteiger partial charge in [0.15, 0.2) is 0 Å². The molecule has 0 saturated carbocycles. The summed E-state index contributed by atoms with van der Waals surface area (Å²) < 4.78 is 0. The molecule has 1 heterocycles. The Hall–Kier alpha value is -2.55. The Bertz CT molecular complexity index is 774. The molecule has 0 bridgehead atoms. The zero-order valence-corrected chi connectivity index (χ0v) is 11.8. The average molecular weight is 279 g/mol. The van der Waals surface area contributed by atoms with Crippen molar-refractivity contribution in [1.29, 1.82) is 0 Å². The number of aromatic nitrogens is 1. The fourth-order valence-electron chi connectivity index (χ4n) is 2.66. The summed E-state index contributed by atoms with van der Waals surface area (Å²) in [6, 6.07) is 16.3. The topological polar surface area (TPSA) is 53.1 Å². The van der Waals surface area contributed by atoms with Crippen molar-refractivity contribution in [3.8, 4) is 11.1 Å². The van der Waals surface area contributed by atoms with Crippen LogP contribution in [0.3, 0.4) is 0 Å². The normalized spacial score (nSPS) is 12.4. The van der Waals surface area contributed by atoms with Gasteiger partial charge in [-0.15, -0.1) is 0 Å². The van der Waals surface area contributed by atoms with Gasteiger partial charge in [0, 0.05) is 17.1 Å². The Morgan fingerprint density at radius 1 is 1.14 bits per heavy atom. The van der Waals surface area contributed by atoms with E-state index in [4.69, 9.17) is 5.11 Å². The minimum absolute atomic E-state index is 0.385. The highest BCUT2D eigenvalue weighted by atomic mass is 16.4. The number of fused-ring (bicyclic) bond motifs is 1. The minimum Gasteiger partial charge on any atom is -0.481 e. The molecular weight excluding hydrogens is 262 g/mol. The molecule has 0 spiro atoms. The van der Waals surface area contributed by atoms with Crippen LogP contribution in [0.5, 0.6) is 0 Å². The first-order chi connectivity index (χ1) is 10.2. The van der Waals surface area contributed by atoms with E-state index in [9.17, 15) is 4.79 Å². The van der Waals surface area contributed by atoms with Gasteiger partial charge in [0.25, 0.3) is 0 Å². The number of aliphatic carboxylic acids is 1. The van der Waals surface area contributed by atoms with Gasteiger partial charge in [0.1, 0.15) is 0 Å². The summed E-state index contributed by atoms with van der Waals surface area (Å²) in [6.07, 6.45) is 2.46. The second-order valence-corrected chi connectivity index (χ2v) is 5.35. The molecule has 0 unspecified atom stereocenters. The lowest BCUT2D eigenvalue weighted by atomic mass is 9.98. The molecule has 1 atom stereocenters. The van der Waals surface area contributed by atoms with Crippen LogP contribution in [0.2, 0.25) is 0 Å². The van der Waals surface area contributed by atoms with E-state index in [0.717, 1.165) is 27.6 Å². The van der Waals surface area contributed by atoms with Crippen LogP contribution in [0.1, 0.15) is 12.5 Å². The molecule has 3 rings (SSSR count). The van der Waals surface area contributed by atoms with Gasteiger partial charge in [-0.2, -0.15) is 0 Å². The Labute approximate surface area is 123 Å². The van der Waals surface area contributed by atoms with E-state index in [0.29, 0.717) is 6.42 Å². The van der Waals surface area contributed by atoms with E-state index in [2.05, 4.69) is 23.2 Å². The summed E-state index contributed by atoms with van der Waals surface area (Å²) in [5, 5.41) is 10.2. The summed E-state index contributed by atoms with van der Waals surface area (Å²) in [7, 11) is 0. The third-order valence-electron chi connectivity index (χ3n) is 3.83. The molecule has 3 aromatic rings. The van der Waals surface area contributed by atoms with Crippen molar-refractivity contribution in [2.24, 2.45) is 5.92 Å². The van der Waals surface area contributed by atoms with Gasteiger partial charge in [-0.05, 0) is 17.5 Å². The van der Waals surface area contributed by atoms with Crippen LogP contribution in [0.4, 0.5) is 0 Å². The molecule has 106 valence electrons. The maximum atomic E-state index is 11.0. The predicted molar refractivity (Wildman–Crippen MR) is 84.2 cm³/mol. The lowest BCUT2D eigenvalue weighted by molar-refractivity contribution is -0.141. The van der Waals surface area contributed by atoms with Crippen molar-refractivity contribution in [2.45, 2.75) is 13.3 Å². The van der Waals surface area contributed by atoms with E-state index < -0.39 is 5.97 Å². The molecule has 0 aliphatic rings. The van der Waals surface area contributed by atoms with Crippen LogP contribution in [0.15, 0.2) is 54.7 Å². The number of carboxylic acids is 1. The third-order valence-corrected chi connectivity index (χ3v) is 3.83. The maximum absolute atomic E-state index is 11.0. The number of para-hydroxylation sites is 1. The molecule has 2 N–H and O–H groups in total. The monoisotopic (exact) mass is 279 g/mol. The van der Waals surface area contributed by atoms with E-state index in [1.54, 1.807) is 6.92 Å². The molecule has 0 aliphatic carbocycles. The molecule has 0 aliphatic heterocycles.